The van der Waals surface area contributed by atoms with E-state index in [9.17, 15) is 8.42 Å². The van der Waals surface area contributed by atoms with Crippen LogP contribution in [0.1, 0.15) is 12.1 Å². The van der Waals surface area contributed by atoms with Crippen LogP contribution in [0.2, 0.25) is 0 Å². The molecule has 2 rings (SSSR count). The normalized spacial score (nSPS) is 11.9. The summed E-state index contributed by atoms with van der Waals surface area (Å²) in [6.07, 6.45) is 5.61. The fourth-order valence-electron chi connectivity index (χ4n) is 1.96. The van der Waals surface area contributed by atoms with Crippen molar-refractivity contribution in [1.82, 2.24) is 29.6 Å². The van der Waals surface area contributed by atoms with Crippen molar-refractivity contribution in [3.63, 3.8) is 0 Å². The van der Waals surface area contributed by atoms with Gasteiger partial charge in [-0.3, -0.25) is 4.68 Å². The van der Waals surface area contributed by atoms with Gasteiger partial charge in [0.15, 0.2) is 0 Å². The lowest BCUT2D eigenvalue weighted by atomic mass is 10.4. The summed E-state index contributed by atoms with van der Waals surface area (Å²) in [7, 11) is 0.188. The summed E-state index contributed by atoms with van der Waals surface area (Å²) in [6, 6.07) is 1.68. The minimum Gasteiger partial charge on any atom is -0.352 e. The van der Waals surface area contributed by atoms with Gasteiger partial charge in [0.25, 0.3) is 0 Å². The number of hydrogen-bond donors (Lipinski definition) is 2. The van der Waals surface area contributed by atoms with Crippen LogP contribution in [0.15, 0.2) is 29.6 Å². The molecule has 8 nitrogen and oxygen atoms in total. The van der Waals surface area contributed by atoms with Crippen LogP contribution in [0.5, 0.6) is 0 Å². The summed E-state index contributed by atoms with van der Waals surface area (Å²) in [5.41, 5.74) is 0.917. The maximum atomic E-state index is 12.2. The molecular formula is C12H20N6O2S. The number of nitrogens with one attached hydrogen (secondary N) is 2. The first kappa shape index (κ1) is 15.7. The van der Waals surface area contributed by atoms with Crippen LogP contribution in [0.25, 0.3) is 0 Å². The average molecular weight is 312 g/mol. The molecule has 21 heavy (non-hydrogen) atoms. The molecule has 2 aromatic rings. The third-order valence-electron chi connectivity index (χ3n) is 3.08. The molecule has 0 aliphatic rings. The molecule has 116 valence electrons. The second kappa shape index (κ2) is 6.83. The molecule has 0 spiro atoms. The zero-order valence-corrected chi connectivity index (χ0v) is 13.0. The topological polar surface area (TPSA) is 93.8 Å². The van der Waals surface area contributed by atoms with Crippen LogP contribution in [0, 0.1) is 0 Å². The molecule has 0 amide bonds. The van der Waals surface area contributed by atoms with E-state index in [1.54, 1.807) is 33.9 Å². The van der Waals surface area contributed by atoms with E-state index >= 15 is 0 Å². The van der Waals surface area contributed by atoms with E-state index in [2.05, 4.69) is 20.4 Å². The molecule has 0 aromatic carbocycles. The Hall–Kier alpha value is -1.71. The van der Waals surface area contributed by atoms with Gasteiger partial charge >= 0.3 is 0 Å². The number of aromatic nitrogens is 4. The highest BCUT2D eigenvalue weighted by Gasteiger charge is 2.16. The molecule has 2 aromatic heterocycles. The highest BCUT2D eigenvalue weighted by Crippen LogP contribution is 2.13. The Labute approximate surface area is 124 Å². The molecule has 2 heterocycles. The third kappa shape index (κ3) is 4.13. The zero-order chi connectivity index (χ0) is 15.3. The highest BCUT2D eigenvalue weighted by molar-refractivity contribution is 7.89. The zero-order valence-electron chi connectivity index (χ0n) is 12.2. The Bertz CT molecular complexity index is 662. The van der Waals surface area contributed by atoms with Gasteiger partial charge in [0.05, 0.1) is 11.1 Å². The lowest BCUT2D eigenvalue weighted by Crippen LogP contribution is -2.25. The van der Waals surface area contributed by atoms with Crippen LogP contribution in [-0.2, 0) is 30.2 Å². The Kier molecular flexibility index (Phi) is 5.10. The smallest absolute Gasteiger partial charge is 0.242 e. The van der Waals surface area contributed by atoms with E-state index in [0.29, 0.717) is 26.1 Å². The summed E-state index contributed by atoms with van der Waals surface area (Å²) in [4.78, 5) is 0.288. The second-order valence-corrected chi connectivity index (χ2v) is 6.49. The maximum absolute atomic E-state index is 12.2. The van der Waals surface area contributed by atoms with Gasteiger partial charge in [-0.05, 0) is 19.5 Å². The monoisotopic (exact) mass is 312 g/mol. The minimum atomic E-state index is -3.47. The van der Waals surface area contributed by atoms with Gasteiger partial charge in [0, 0.05) is 44.8 Å². The average Bonchev–Trinajstić information content (AvgIpc) is 3.06. The van der Waals surface area contributed by atoms with Crippen LogP contribution < -0.4 is 10.0 Å². The van der Waals surface area contributed by atoms with E-state index in [0.717, 1.165) is 5.69 Å². The molecule has 0 saturated carbocycles. The van der Waals surface area contributed by atoms with Crippen molar-refractivity contribution in [3.05, 3.63) is 30.4 Å². The second-order valence-electron chi connectivity index (χ2n) is 4.73. The number of sulfonamides is 1. The molecule has 0 radical (unpaired) electrons. The van der Waals surface area contributed by atoms with Crippen molar-refractivity contribution in [2.24, 2.45) is 7.05 Å². The SMILES string of the molecule is CNCc1cc(S(=O)(=O)NCCCn2ccnn2)cn1C. The van der Waals surface area contributed by atoms with Gasteiger partial charge in [0.1, 0.15) is 0 Å². The first-order chi connectivity index (χ1) is 10.0. The summed E-state index contributed by atoms with van der Waals surface area (Å²) >= 11 is 0. The third-order valence-corrected chi connectivity index (χ3v) is 4.51. The minimum absolute atomic E-state index is 0.288. The summed E-state index contributed by atoms with van der Waals surface area (Å²) < 4.78 is 30.4. The molecule has 0 atom stereocenters. The van der Waals surface area contributed by atoms with E-state index in [1.165, 1.54) is 0 Å². The Balaban J connectivity index is 1.90. The molecule has 0 aliphatic carbocycles. The van der Waals surface area contributed by atoms with Gasteiger partial charge in [-0.1, -0.05) is 5.21 Å². The Morgan fingerprint density at radius 2 is 2.19 bits per heavy atom. The lowest BCUT2D eigenvalue weighted by molar-refractivity contribution is 0.542. The molecule has 9 heteroatoms. The van der Waals surface area contributed by atoms with Crippen LogP contribution in [0.4, 0.5) is 0 Å². The number of aryl methyl sites for hydroxylation is 2. The van der Waals surface area contributed by atoms with E-state index in [-0.39, 0.29) is 4.90 Å². The van der Waals surface area contributed by atoms with Crippen LogP contribution in [-0.4, -0.2) is 41.6 Å². The van der Waals surface area contributed by atoms with Gasteiger partial charge in [-0.2, -0.15) is 0 Å². The van der Waals surface area contributed by atoms with Crippen molar-refractivity contribution in [2.75, 3.05) is 13.6 Å². The molecule has 0 bridgehead atoms. The van der Waals surface area contributed by atoms with Crippen LogP contribution >= 0.6 is 0 Å². The van der Waals surface area contributed by atoms with Gasteiger partial charge in [0.2, 0.25) is 10.0 Å². The molecule has 0 fully saturated rings. The van der Waals surface area contributed by atoms with E-state index in [4.69, 9.17) is 0 Å². The van der Waals surface area contributed by atoms with Gasteiger partial charge in [-0.15, -0.1) is 5.10 Å². The van der Waals surface area contributed by atoms with Gasteiger partial charge < -0.3 is 9.88 Å². The first-order valence-electron chi connectivity index (χ1n) is 6.66. The number of rotatable bonds is 8. The molecule has 0 aliphatic heterocycles. The fraction of sp³-hybridized carbons (Fsp3) is 0.500. The van der Waals surface area contributed by atoms with E-state index in [1.807, 2.05) is 14.1 Å². The number of hydrogen-bond acceptors (Lipinski definition) is 5. The maximum Gasteiger partial charge on any atom is 0.242 e. The fourth-order valence-corrected chi connectivity index (χ4v) is 3.13. The Morgan fingerprint density at radius 3 is 2.86 bits per heavy atom. The first-order valence-corrected chi connectivity index (χ1v) is 8.15. The molecule has 0 saturated heterocycles. The van der Waals surface area contributed by atoms with Crippen molar-refractivity contribution < 1.29 is 8.42 Å². The molecular weight excluding hydrogens is 292 g/mol. The Morgan fingerprint density at radius 1 is 1.38 bits per heavy atom. The van der Waals surface area contributed by atoms with Gasteiger partial charge in [-0.25, -0.2) is 13.1 Å². The molecule has 0 unspecified atom stereocenters. The van der Waals surface area contributed by atoms with Crippen molar-refractivity contribution in [3.8, 4) is 0 Å². The van der Waals surface area contributed by atoms with Crippen molar-refractivity contribution in [2.45, 2.75) is 24.4 Å². The summed E-state index contributed by atoms with van der Waals surface area (Å²) in [5, 5.41) is 10.5. The quantitative estimate of drug-likeness (QED) is 0.653. The molecule has 2 N–H and O–H groups in total. The standard InChI is InChI=1S/C12H20N6O2S/c1-13-9-11-8-12(10-17(11)2)21(19,20)15-4-3-6-18-7-5-14-16-18/h5,7-8,10,13,15H,3-4,6,9H2,1-2H3. The van der Waals surface area contributed by atoms with Crippen molar-refractivity contribution in [1.29, 1.82) is 0 Å². The predicted molar refractivity (Wildman–Crippen MR) is 78.0 cm³/mol. The van der Waals surface area contributed by atoms with Crippen LogP contribution in [0.3, 0.4) is 0 Å². The van der Waals surface area contributed by atoms with Crippen molar-refractivity contribution >= 4 is 10.0 Å². The lowest BCUT2D eigenvalue weighted by Gasteiger charge is -2.04. The highest BCUT2D eigenvalue weighted by atomic mass is 32.2. The number of nitrogens with zero attached hydrogens (tertiary/aromatic N) is 4. The largest absolute Gasteiger partial charge is 0.352 e. The summed E-state index contributed by atoms with van der Waals surface area (Å²) in [6.45, 7) is 1.61. The summed E-state index contributed by atoms with van der Waals surface area (Å²) in [5.74, 6) is 0. The van der Waals surface area contributed by atoms with E-state index < -0.39 is 10.0 Å². The predicted octanol–water partition coefficient (Wildman–Crippen LogP) is -0.295.